The van der Waals surface area contributed by atoms with E-state index in [4.69, 9.17) is 4.74 Å². The van der Waals surface area contributed by atoms with Gasteiger partial charge in [-0.05, 0) is 42.1 Å². The van der Waals surface area contributed by atoms with Crippen molar-refractivity contribution in [1.29, 1.82) is 0 Å². The third-order valence-electron chi connectivity index (χ3n) is 4.16. The molecule has 1 aliphatic rings. The first-order valence-electron chi connectivity index (χ1n) is 7.03. The Morgan fingerprint density at radius 2 is 1.84 bits per heavy atom. The Hall–Kier alpha value is -1.38. The average molecular weight is 255 g/mol. The fourth-order valence-corrected chi connectivity index (χ4v) is 3.04. The average Bonchev–Trinajstić information content (AvgIpc) is 3.29. The molecule has 1 saturated carbocycles. The molecule has 1 N–H and O–H groups in total. The zero-order valence-corrected chi connectivity index (χ0v) is 11.6. The van der Waals surface area contributed by atoms with E-state index in [-0.39, 0.29) is 12.1 Å². The van der Waals surface area contributed by atoms with Gasteiger partial charge in [-0.3, -0.25) is 0 Å². The zero-order valence-electron chi connectivity index (χ0n) is 11.6. The van der Waals surface area contributed by atoms with Crippen LogP contribution in [-0.2, 0) is 4.74 Å². The summed E-state index contributed by atoms with van der Waals surface area (Å²) in [5, 5.41) is 6.08. The predicted molar refractivity (Wildman–Crippen MR) is 79.3 cm³/mol. The molecule has 19 heavy (non-hydrogen) atoms. The van der Waals surface area contributed by atoms with Crippen molar-refractivity contribution in [3.05, 3.63) is 48.0 Å². The molecular weight excluding hydrogens is 234 g/mol. The Labute approximate surface area is 114 Å². The highest BCUT2D eigenvalue weighted by Gasteiger charge is 2.37. The minimum atomic E-state index is 0.267. The monoisotopic (exact) mass is 255 g/mol. The van der Waals surface area contributed by atoms with Crippen LogP contribution in [0.5, 0.6) is 0 Å². The maximum atomic E-state index is 5.77. The van der Waals surface area contributed by atoms with Crippen LogP contribution in [0.15, 0.2) is 42.5 Å². The van der Waals surface area contributed by atoms with Gasteiger partial charge in [0.15, 0.2) is 0 Å². The Morgan fingerprint density at radius 3 is 2.53 bits per heavy atom. The topological polar surface area (TPSA) is 21.3 Å². The van der Waals surface area contributed by atoms with Crippen molar-refractivity contribution in [3.8, 4) is 0 Å². The third-order valence-corrected chi connectivity index (χ3v) is 4.16. The molecular formula is C17H21NO. The van der Waals surface area contributed by atoms with E-state index in [9.17, 15) is 0 Å². The first-order chi connectivity index (χ1) is 9.35. The smallest absolute Gasteiger partial charge is 0.0794 e. The lowest BCUT2D eigenvalue weighted by Crippen LogP contribution is -2.32. The van der Waals surface area contributed by atoms with Crippen LogP contribution in [0.4, 0.5) is 0 Å². The SMILES string of the molecule is CNC(c1cccc2ccccc12)C(OC)C1CC1. The van der Waals surface area contributed by atoms with Gasteiger partial charge in [0.2, 0.25) is 0 Å². The summed E-state index contributed by atoms with van der Waals surface area (Å²) in [6.07, 6.45) is 2.86. The van der Waals surface area contributed by atoms with Gasteiger partial charge < -0.3 is 10.1 Å². The highest BCUT2D eigenvalue weighted by molar-refractivity contribution is 5.86. The van der Waals surface area contributed by atoms with Crippen molar-refractivity contribution in [1.82, 2.24) is 5.32 Å². The highest BCUT2D eigenvalue weighted by atomic mass is 16.5. The number of hydrogen-bond acceptors (Lipinski definition) is 2. The molecule has 0 radical (unpaired) electrons. The molecule has 100 valence electrons. The van der Waals surface area contributed by atoms with Crippen molar-refractivity contribution < 1.29 is 4.74 Å². The molecule has 0 bridgehead atoms. The number of rotatable bonds is 5. The molecule has 2 heteroatoms. The Balaban J connectivity index is 2.05. The summed E-state index contributed by atoms with van der Waals surface area (Å²) in [7, 11) is 3.86. The first kappa shape index (κ1) is 12.6. The van der Waals surface area contributed by atoms with Crippen LogP contribution in [0.25, 0.3) is 10.8 Å². The lowest BCUT2D eigenvalue weighted by Gasteiger charge is -2.27. The maximum absolute atomic E-state index is 5.77. The Morgan fingerprint density at radius 1 is 1.11 bits per heavy atom. The molecule has 0 aliphatic heterocycles. The minimum absolute atomic E-state index is 0.267. The lowest BCUT2D eigenvalue weighted by molar-refractivity contribution is 0.0534. The number of hydrogen-bond donors (Lipinski definition) is 1. The molecule has 2 atom stereocenters. The lowest BCUT2D eigenvalue weighted by atomic mass is 9.93. The van der Waals surface area contributed by atoms with Crippen LogP contribution in [0.1, 0.15) is 24.4 Å². The van der Waals surface area contributed by atoms with Crippen molar-refractivity contribution >= 4 is 10.8 Å². The first-order valence-corrected chi connectivity index (χ1v) is 7.03. The third kappa shape index (κ3) is 2.38. The van der Waals surface area contributed by atoms with Gasteiger partial charge in [0.05, 0.1) is 12.1 Å². The largest absolute Gasteiger partial charge is 0.379 e. The quantitative estimate of drug-likeness (QED) is 0.882. The van der Waals surface area contributed by atoms with Gasteiger partial charge in [-0.25, -0.2) is 0 Å². The fraction of sp³-hybridized carbons (Fsp3) is 0.412. The number of fused-ring (bicyclic) bond motifs is 1. The van der Waals surface area contributed by atoms with Crippen molar-refractivity contribution in [2.24, 2.45) is 5.92 Å². The Kier molecular flexibility index (Phi) is 3.54. The van der Waals surface area contributed by atoms with E-state index in [1.54, 1.807) is 0 Å². The second-order valence-electron chi connectivity index (χ2n) is 5.37. The number of benzene rings is 2. The van der Waals surface area contributed by atoms with Crippen LogP contribution in [0, 0.1) is 5.92 Å². The summed E-state index contributed by atoms with van der Waals surface area (Å²) >= 11 is 0. The minimum Gasteiger partial charge on any atom is -0.379 e. The molecule has 1 fully saturated rings. The second kappa shape index (κ2) is 5.32. The van der Waals surface area contributed by atoms with E-state index in [0.29, 0.717) is 5.92 Å². The number of methoxy groups -OCH3 is 1. The number of ether oxygens (including phenoxy) is 1. The summed E-state index contributed by atoms with van der Waals surface area (Å²) in [5.41, 5.74) is 1.35. The van der Waals surface area contributed by atoms with Gasteiger partial charge in [-0.1, -0.05) is 42.5 Å². The highest BCUT2D eigenvalue weighted by Crippen LogP contribution is 2.40. The van der Waals surface area contributed by atoms with E-state index >= 15 is 0 Å². The van der Waals surface area contributed by atoms with Crippen molar-refractivity contribution in [2.45, 2.75) is 25.0 Å². The van der Waals surface area contributed by atoms with Gasteiger partial charge in [0, 0.05) is 7.11 Å². The molecule has 2 aromatic carbocycles. The van der Waals surface area contributed by atoms with Crippen LogP contribution >= 0.6 is 0 Å². The van der Waals surface area contributed by atoms with Crippen molar-refractivity contribution in [2.75, 3.05) is 14.2 Å². The summed E-state index contributed by atoms with van der Waals surface area (Å²) < 4.78 is 5.77. The second-order valence-corrected chi connectivity index (χ2v) is 5.37. The summed E-state index contributed by atoms with van der Waals surface area (Å²) in [4.78, 5) is 0. The summed E-state index contributed by atoms with van der Waals surface area (Å²) in [6, 6.07) is 15.4. The number of likely N-dealkylation sites (N-methyl/N-ethyl adjacent to an activating group) is 1. The normalized spacial score (nSPS) is 18.4. The zero-order chi connectivity index (χ0) is 13.2. The summed E-state index contributed by atoms with van der Waals surface area (Å²) in [5.74, 6) is 0.710. The van der Waals surface area contributed by atoms with E-state index in [2.05, 4.69) is 47.8 Å². The van der Waals surface area contributed by atoms with E-state index < -0.39 is 0 Å². The Bertz CT molecular complexity index is 557. The van der Waals surface area contributed by atoms with E-state index in [1.165, 1.54) is 29.2 Å². The summed E-state index contributed by atoms with van der Waals surface area (Å²) in [6.45, 7) is 0. The van der Waals surface area contributed by atoms with Crippen LogP contribution in [0.3, 0.4) is 0 Å². The molecule has 1 aliphatic carbocycles. The number of nitrogens with one attached hydrogen (secondary N) is 1. The van der Waals surface area contributed by atoms with Gasteiger partial charge in [0.25, 0.3) is 0 Å². The van der Waals surface area contributed by atoms with Crippen LogP contribution < -0.4 is 5.32 Å². The molecule has 0 aromatic heterocycles. The molecule has 0 saturated heterocycles. The van der Waals surface area contributed by atoms with Crippen molar-refractivity contribution in [3.63, 3.8) is 0 Å². The van der Waals surface area contributed by atoms with Gasteiger partial charge in [-0.15, -0.1) is 0 Å². The molecule has 3 rings (SSSR count). The maximum Gasteiger partial charge on any atom is 0.0794 e. The van der Waals surface area contributed by atoms with E-state index in [1.807, 2.05) is 14.2 Å². The van der Waals surface area contributed by atoms with Gasteiger partial charge >= 0.3 is 0 Å². The van der Waals surface area contributed by atoms with E-state index in [0.717, 1.165) is 0 Å². The molecule has 2 aromatic rings. The molecule has 2 unspecified atom stereocenters. The molecule has 0 heterocycles. The fourth-order valence-electron chi connectivity index (χ4n) is 3.04. The van der Waals surface area contributed by atoms with Crippen LogP contribution in [0.2, 0.25) is 0 Å². The van der Waals surface area contributed by atoms with Gasteiger partial charge in [0.1, 0.15) is 0 Å². The van der Waals surface area contributed by atoms with Crippen LogP contribution in [-0.4, -0.2) is 20.3 Å². The molecule has 0 amide bonds. The predicted octanol–water partition coefficient (Wildman–Crippen LogP) is 3.53. The molecule has 2 nitrogen and oxygen atoms in total. The standard InChI is InChI=1S/C17H21NO/c1-18-16(17(19-2)13-10-11-13)15-9-5-7-12-6-3-4-8-14(12)15/h3-9,13,16-18H,10-11H2,1-2H3. The molecule has 0 spiro atoms. The van der Waals surface area contributed by atoms with Gasteiger partial charge in [-0.2, -0.15) is 0 Å².